The Hall–Kier alpha value is -2.54. The van der Waals surface area contributed by atoms with Crippen LogP contribution in [0.15, 0.2) is 51.1 Å². The first kappa shape index (κ1) is 25.7. The molecule has 0 atom stereocenters. The van der Waals surface area contributed by atoms with Crippen LogP contribution in [0.1, 0.15) is 19.4 Å². The van der Waals surface area contributed by atoms with Gasteiger partial charge < -0.3 is 9.88 Å². The van der Waals surface area contributed by atoms with Crippen molar-refractivity contribution < 1.29 is 21.6 Å². The summed E-state index contributed by atoms with van der Waals surface area (Å²) < 4.78 is 53.7. The molecule has 0 saturated heterocycles. The Labute approximate surface area is 188 Å². The highest BCUT2D eigenvalue weighted by Gasteiger charge is 2.23. The lowest BCUT2D eigenvalue weighted by Crippen LogP contribution is -2.33. The van der Waals surface area contributed by atoms with Gasteiger partial charge in [-0.3, -0.25) is 9.59 Å². The smallest absolute Gasteiger partial charge is 0.251 e. The van der Waals surface area contributed by atoms with E-state index in [0.717, 1.165) is 21.1 Å². The van der Waals surface area contributed by atoms with Gasteiger partial charge >= 0.3 is 0 Å². The van der Waals surface area contributed by atoms with Crippen LogP contribution in [-0.2, 0) is 31.4 Å². The Kier molecular flexibility index (Phi) is 7.99. The molecule has 0 aliphatic carbocycles. The summed E-state index contributed by atoms with van der Waals surface area (Å²) in [4.78, 5) is 24.7. The number of aromatic nitrogens is 1. The van der Waals surface area contributed by atoms with Crippen LogP contribution in [0.2, 0.25) is 0 Å². The van der Waals surface area contributed by atoms with Crippen molar-refractivity contribution in [3.8, 4) is 0 Å². The molecular formula is C20H28N4O6S2. The fraction of sp³-hybridized carbons (Fsp3) is 0.400. The van der Waals surface area contributed by atoms with E-state index in [-0.39, 0.29) is 28.6 Å². The topological polar surface area (TPSA) is 126 Å². The first-order chi connectivity index (χ1) is 14.8. The number of carbonyl (C=O) groups is 1. The summed E-state index contributed by atoms with van der Waals surface area (Å²) in [6.07, 6.45) is 1.13. The summed E-state index contributed by atoms with van der Waals surface area (Å²) in [7, 11) is -4.69. The quantitative estimate of drug-likeness (QED) is 0.568. The monoisotopic (exact) mass is 484 g/mol. The molecule has 0 radical (unpaired) electrons. The van der Waals surface area contributed by atoms with Crippen molar-refractivity contribution in [2.75, 3.05) is 32.5 Å². The number of carbonyl (C=O) groups excluding carboxylic acids is 1. The number of benzene rings is 1. The average Bonchev–Trinajstić information content (AvgIpc) is 2.71. The predicted octanol–water partition coefficient (Wildman–Crippen LogP) is 1.08. The predicted molar refractivity (Wildman–Crippen MR) is 121 cm³/mol. The zero-order valence-electron chi connectivity index (χ0n) is 18.7. The van der Waals surface area contributed by atoms with E-state index >= 15 is 0 Å². The number of nitrogens with zero attached hydrogens (tertiary/aromatic N) is 3. The van der Waals surface area contributed by atoms with E-state index in [1.165, 1.54) is 30.5 Å². The maximum Gasteiger partial charge on any atom is 0.251 e. The van der Waals surface area contributed by atoms with Gasteiger partial charge in [-0.05, 0) is 30.7 Å². The second-order valence-corrected chi connectivity index (χ2v) is 11.3. The van der Waals surface area contributed by atoms with Crippen LogP contribution in [0.25, 0.3) is 0 Å². The molecule has 10 nitrogen and oxygen atoms in total. The maximum absolute atomic E-state index is 12.7. The number of hydrogen-bond acceptors (Lipinski definition) is 6. The van der Waals surface area contributed by atoms with E-state index in [1.807, 2.05) is 0 Å². The minimum absolute atomic E-state index is 0.0461. The van der Waals surface area contributed by atoms with Crippen LogP contribution in [0.5, 0.6) is 0 Å². The van der Waals surface area contributed by atoms with Gasteiger partial charge in [0, 0.05) is 45.1 Å². The SMILES string of the molecule is CCN(CC)S(=O)(=O)c1ccc(=O)n(CC(=O)Nc2ccc(C)c(S(=O)(=O)N(C)C)c2)c1. The molecule has 0 aliphatic heterocycles. The molecule has 0 bridgehead atoms. The highest BCUT2D eigenvalue weighted by atomic mass is 32.2. The number of hydrogen-bond donors (Lipinski definition) is 1. The third-order valence-electron chi connectivity index (χ3n) is 4.84. The minimum atomic E-state index is -3.80. The number of amides is 1. The average molecular weight is 485 g/mol. The van der Waals surface area contributed by atoms with E-state index in [0.29, 0.717) is 5.56 Å². The molecule has 1 amide bonds. The van der Waals surface area contributed by atoms with Gasteiger partial charge in [0.2, 0.25) is 26.0 Å². The van der Waals surface area contributed by atoms with Crippen molar-refractivity contribution in [1.82, 2.24) is 13.2 Å². The van der Waals surface area contributed by atoms with Crippen molar-refractivity contribution in [1.29, 1.82) is 0 Å². The molecule has 0 fully saturated rings. The van der Waals surface area contributed by atoms with Crippen molar-refractivity contribution in [3.63, 3.8) is 0 Å². The number of nitrogens with one attached hydrogen (secondary N) is 1. The van der Waals surface area contributed by atoms with Crippen LogP contribution in [0, 0.1) is 6.92 Å². The van der Waals surface area contributed by atoms with Crippen molar-refractivity contribution in [2.45, 2.75) is 37.1 Å². The van der Waals surface area contributed by atoms with Gasteiger partial charge in [-0.1, -0.05) is 19.9 Å². The molecule has 0 unspecified atom stereocenters. The summed E-state index contributed by atoms with van der Waals surface area (Å²) in [5.74, 6) is -0.610. The molecule has 0 aliphatic rings. The summed E-state index contributed by atoms with van der Waals surface area (Å²) in [5, 5.41) is 2.56. The lowest BCUT2D eigenvalue weighted by molar-refractivity contribution is -0.116. The molecule has 1 N–H and O–H groups in total. The third-order valence-corrected chi connectivity index (χ3v) is 8.83. The van der Waals surface area contributed by atoms with E-state index < -0.39 is 38.1 Å². The molecule has 0 saturated carbocycles. The van der Waals surface area contributed by atoms with Crippen molar-refractivity contribution in [3.05, 3.63) is 52.4 Å². The van der Waals surface area contributed by atoms with Crippen LogP contribution in [-0.4, -0.2) is 63.1 Å². The van der Waals surface area contributed by atoms with Gasteiger partial charge in [0.1, 0.15) is 6.54 Å². The maximum atomic E-state index is 12.7. The summed E-state index contributed by atoms with van der Waals surface area (Å²) in [6, 6.07) is 6.76. The highest BCUT2D eigenvalue weighted by molar-refractivity contribution is 7.89. The largest absolute Gasteiger partial charge is 0.324 e. The van der Waals surface area contributed by atoms with E-state index in [4.69, 9.17) is 0 Å². The number of sulfonamides is 2. The first-order valence-electron chi connectivity index (χ1n) is 9.88. The molecule has 32 heavy (non-hydrogen) atoms. The lowest BCUT2D eigenvalue weighted by atomic mass is 10.2. The molecule has 176 valence electrons. The molecule has 1 aromatic carbocycles. The van der Waals surface area contributed by atoms with Gasteiger partial charge in [-0.15, -0.1) is 0 Å². The van der Waals surface area contributed by atoms with Crippen molar-refractivity contribution >= 4 is 31.6 Å². The molecular weight excluding hydrogens is 456 g/mol. The molecule has 1 aromatic heterocycles. The second kappa shape index (κ2) is 9.94. The Bertz CT molecular complexity index is 1260. The number of anilines is 1. The molecule has 12 heteroatoms. The van der Waals surface area contributed by atoms with Gasteiger partial charge in [-0.25, -0.2) is 21.1 Å². The number of aryl methyl sites for hydroxylation is 1. The van der Waals surface area contributed by atoms with E-state index in [1.54, 1.807) is 32.9 Å². The van der Waals surface area contributed by atoms with Crippen LogP contribution < -0.4 is 10.9 Å². The van der Waals surface area contributed by atoms with Crippen molar-refractivity contribution in [2.24, 2.45) is 0 Å². The number of pyridine rings is 1. The Morgan fingerprint density at radius 3 is 2.19 bits per heavy atom. The summed E-state index contributed by atoms with van der Waals surface area (Å²) in [6.45, 7) is 5.15. The van der Waals surface area contributed by atoms with Gasteiger partial charge in [0.05, 0.1) is 9.79 Å². The fourth-order valence-corrected chi connectivity index (χ4v) is 5.63. The Morgan fingerprint density at radius 2 is 1.62 bits per heavy atom. The standard InChI is InChI=1S/C20H28N4O6S2/c1-6-24(7-2)31(27,28)17-10-11-20(26)23(13-17)14-19(25)21-16-9-8-15(3)18(12-16)32(29,30)22(4)5/h8-13H,6-7,14H2,1-5H3,(H,21,25). The Balaban J connectivity index is 2.31. The molecule has 2 rings (SSSR count). The molecule has 1 heterocycles. The lowest BCUT2D eigenvalue weighted by Gasteiger charge is -2.19. The molecule has 0 spiro atoms. The van der Waals surface area contributed by atoms with E-state index in [9.17, 15) is 26.4 Å². The van der Waals surface area contributed by atoms with E-state index in [2.05, 4.69) is 5.32 Å². The second-order valence-electron chi connectivity index (χ2n) is 7.24. The normalized spacial score (nSPS) is 12.3. The molecule has 2 aromatic rings. The summed E-state index contributed by atoms with van der Waals surface area (Å²) in [5.41, 5.74) is 0.210. The van der Waals surface area contributed by atoms with Gasteiger partial charge in [0.25, 0.3) is 5.56 Å². The van der Waals surface area contributed by atoms with Gasteiger partial charge in [-0.2, -0.15) is 4.31 Å². The van der Waals surface area contributed by atoms with Crippen LogP contribution in [0.4, 0.5) is 5.69 Å². The zero-order chi connectivity index (χ0) is 24.3. The summed E-state index contributed by atoms with van der Waals surface area (Å²) >= 11 is 0. The highest BCUT2D eigenvalue weighted by Crippen LogP contribution is 2.22. The zero-order valence-corrected chi connectivity index (χ0v) is 20.3. The minimum Gasteiger partial charge on any atom is -0.324 e. The van der Waals surface area contributed by atoms with Crippen LogP contribution in [0.3, 0.4) is 0 Å². The third kappa shape index (κ3) is 5.44. The first-order valence-corrected chi connectivity index (χ1v) is 12.8. The fourth-order valence-electron chi connectivity index (χ4n) is 3.01. The number of rotatable bonds is 9. The van der Waals surface area contributed by atoms with Crippen LogP contribution >= 0.6 is 0 Å². The Morgan fingerprint density at radius 1 is 1.00 bits per heavy atom. The van der Waals surface area contributed by atoms with Gasteiger partial charge in [0.15, 0.2) is 0 Å².